The van der Waals surface area contributed by atoms with E-state index in [2.05, 4.69) is 10.3 Å². The number of aryl methyl sites for hydroxylation is 1. The van der Waals surface area contributed by atoms with Crippen molar-refractivity contribution < 1.29 is 14.4 Å². The Bertz CT molecular complexity index is 673. The average Bonchev–Trinajstić information content (AvgIpc) is 2.49. The number of hydrogen-bond acceptors (Lipinski definition) is 6. The van der Waals surface area contributed by atoms with Gasteiger partial charge in [-0.25, -0.2) is 4.98 Å². The van der Waals surface area contributed by atoms with Gasteiger partial charge in [0.15, 0.2) is 11.5 Å². The molecule has 7 nitrogen and oxygen atoms in total. The van der Waals surface area contributed by atoms with Crippen molar-refractivity contribution in [3.8, 4) is 11.5 Å². The van der Waals surface area contributed by atoms with Gasteiger partial charge in [0.1, 0.15) is 0 Å². The highest BCUT2D eigenvalue weighted by atomic mass is 16.6. The summed E-state index contributed by atoms with van der Waals surface area (Å²) in [5.41, 5.74) is 1.42. The molecular formula is C14H15N3O4. The Morgan fingerprint density at radius 2 is 1.90 bits per heavy atom. The number of rotatable bonds is 5. The van der Waals surface area contributed by atoms with Gasteiger partial charge < -0.3 is 14.8 Å². The number of ether oxygens (including phenoxy) is 2. The van der Waals surface area contributed by atoms with Gasteiger partial charge in [-0.15, -0.1) is 0 Å². The highest BCUT2D eigenvalue weighted by molar-refractivity contribution is 5.70. The van der Waals surface area contributed by atoms with Crippen molar-refractivity contribution in [3.05, 3.63) is 46.1 Å². The lowest BCUT2D eigenvalue weighted by atomic mass is 10.1. The van der Waals surface area contributed by atoms with Crippen LogP contribution in [0.15, 0.2) is 30.5 Å². The summed E-state index contributed by atoms with van der Waals surface area (Å²) < 4.78 is 10.4. The second-order valence-electron chi connectivity index (χ2n) is 4.28. The van der Waals surface area contributed by atoms with Crippen LogP contribution in [0.3, 0.4) is 0 Å². The molecule has 1 heterocycles. The number of nitrogens with zero attached hydrogens (tertiary/aromatic N) is 2. The van der Waals surface area contributed by atoms with E-state index in [1.807, 2.05) is 6.92 Å². The molecule has 1 aromatic heterocycles. The van der Waals surface area contributed by atoms with Gasteiger partial charge in [0, 0.05) is 24.0 Å². The second kappa shape index (κ2) is 6.08. The van der Waals surface area contributed by atoms with Gasteiger partial charge in [0.2, 0.25) is 5.82 Å². The lowest BCUT2D eigenvalue weighted by Gasteiger charge is -2.13. The molecule has 0 saturated heterocycles. The monoisotopic (exact) mass is 289 g/mol. The summed E-state index contributed by atoms with van der Waals surface area (Å²) >= 11 is 0. The summed E-state index contributed by atoms with van der Waals surface area (Å²) in [6.45, 7) is 1.86. The van der Waals surface area contributed by atoms with E-state index >= 15 is 0 Å². The molecule has 0 radical (unpaired) electrons. The van der Waals surface area contributed by atoms with E-state index < -0.39 is 4.92 Å². The zero-order chi connectivity index (χ0) is 15.4. The SMILES string of the molecule is COc1cc(C)c(Nc2ncccc2[N+](=O)[O-])cc1OC. The summed E-state index contributed by atoms with van der Waals surface area (Å²) in [5.74, 6) is 1.30. The van der Waals surface area contributed by atoms with E-state index in [-0.39, 0.29) is 11.5 Å². The van der Waals surface area contributed by atoms with Crippen LogP contribution < -0.4 is 14.8 Å². The Morgan fingerprint density at radius 1 is 1.24 bits per heavy atom. The van der Waals surface area contributed by atoms with Gasteiger partial charge in [0.25, 0.3) is 0 Å². The molecule has 21 heavy (non-hydrogen) atoms. The summed E-state index contributed by atoms with van der Waals surface area (Å²) in [5, 5.41) is 14.0. The first-order valence-corrected chi connectivity index (χ1v) is 6.16. The van der Waals surface area contributed by atoms with Crippen LogP contribution in [0, 0.1) is 17.0 Å². The molecule has 0 aliphatic heterocycles. The fourth-order valence-electron chi connectivity index (χ4n) is 1.88. The van der Waals surface area contributed by atoms with E-state index in [1.54, 1.807) is 19.2 Å². The lowest BCUT2D eigenvalue weighted by Crippen LogP contribution is -2.01. The fourth-order valence-corrected chi connectivity index (χ4v) is 1.88. The number of anilines is 2. The Morgan fingerprint density at radius 3 is 2.52 bits per heavy atom. The third kappa shape index (κ3) is 3.02. The predicted octanol–water partition coefficient (Wildman–Crippen LogP) is 3.06. The number of methoxy groups -OCH3 is 2. The maximum absolute atomic E-state index is 11.0. The first-order valence-electron chi connectivity index (χ1n) is 6.16. The molecule has 0 spiro atoms. The molecule has 0 aliphatic rings. The molecule has 2 rings (SSSR count). The fraction of sp³-hybridized carbons (Fsp3) is 0.214. The van der Waals surface area contributed by atoms with Crippen LogP contribution in [0.1, 0.15) is 5.56 Å². The number of hydrogen-bond donors (Lipinski definition) is 1. The van der Waals surface area contributed by atoms with E-state index in [9.17, 15) is 10.1 Å². The highest BCUT2D eigenvalue weighted by Crippen LogP contribution is 2.35. The van der Waals surface area contributed by atoms with E-state index in [1.165, 1.54) is 25.4 Å². The molecular weight excluding hydrogens is 274 g/mol. The van der Waals surface area contributed by atoms with Gasteiger partial charge >= 0.3 is 5.69 Å². The number of pyridine rings is 1. The molecule has 0 atom stereocenters. The zero-order valence-electron chi connectivity index (χ0n) is 11.9. The first kappa shape index (κ1) is 14.6. The number of nitro groups is 1. The summed E-state index contributed by atoms with van der Waals surface area (Å²) in [6.07, 6.45) is 1.49. The molecule has 0 fully saturated rings. The molecule has 1 aromatic carbocycles. The van der Waals surface area contributed by atoms with Crippen molar-refractivity contribution in [1.29, 1.82) is 0 Å². The van der Waals surface area contributed by atoms with E-state index in [4.69, 9.17) is 9.47 Å². The van der Waals surface area contributed by atoms with Crippen molar-refractivity contribution in [3.63, 3.8) is 0 Å². The van der Waals surface area contributed by atoms with Crippen LogP contribution >= 0.6 is 0 Å². The van der Waals surface area contributed by atoms with Crippen LogP contribution in [0.25, 0.3) is 0 Å². The number of aromatic nitrogens is 1. The second-order valence-corrected chi connectivity index (χ2v) is 4.28. The molecule has 0 saturated carbocycles. The minimum absolute atomic E-state index is 0.0910. The van der Waals surface area contributed by atoms with Gasteiger partial charge in [-0.2, -0.15) is 0 Å². The number of benzene rings is 1. The maximum Gasteiger partial charge on any atom is 0.311 e. The van der Waals surface area contributed by atoms with Crippen molar-refractivity contribution in [2.75, 3.05) is 19.5 Å². The van der Waals surface area contributed by atoms with Gasteiger partial charge in [-0.1, -0.05) is 0 Å². The third-order valence-electron chi connectivity index (χ3n) is 2.97. The average molecular weight is 289 g/mol. The molecule has 0 amide bonds. The summed E-state index contributed by atoms with van der Waals surface area (Å²) in [7, 11) is 3.08. The smallest absolute Gasteiger partial charge is 0.311 e. The van der Waals surface area contributed by atoms with Gasteiger partial charge in [-0.3, -0.25) is 10.1 Å². The largest absolute Gasteiger partial charge is 0.493 e. The Hall–Kier alpha value is -2.83. The molecule has 0 bridgehead atoms. The van der Waals surface area contributed by atoms with E-state index in [0.29, 0.717) is 17.2 Å². The van der Waals surface area contributed by atoms with Crippen LogP contribution in [0.4, 0.5) is 17.2 Å². The Labute approximate surface area is 121 Å². The topological polar surface area (TPSA) is 86.5 Å². The van der Waals surface area contributed by atoms with Crippen molar-refractivity contribution in [1.82, 2.24) is 4.98 Å². The quantitative estimate of drug-likeness (QED) is 0.672. The minimum Gasteiger partial charge on any atom is -0.493 e. The molecule has 110 valence electrons. The number of nitrogens with one attached hydrogen (secondary N) is 1. The van der Waals surface area contributed by atoms with Crippen LogP contribution in [-0.4, -0.2) is 24.1 Å². The maximum atomic E-state index is 11.0. The van der Waals surface area contributed by atoms with Crippen LogP contribution in [0.2, 0.25) is 0 Å². The van der Waals surface area contributed by atoms with Crippen LogP contribution in [-0.2, 0) is 0 Å². The van der Waals surface area contributed by atoms with Crippen LogP contribution in [0.5, 0.6) is 11.5 Å². The Balaban J connectivity index is 2.43. The molecule has 7 heteroatoms. The van der Waals surface area contributed by atoms with Gasteiger partial charge in [0.05, 0.1) is 19.1 Å². The van der Waals surface area contributed by atoms with Gasteiger partial charge in [-0.05, 0) is 24.6 Å². The molecule has 0 aliphatic carbocycles. The molecule has 2 aromatic rings. The highest BCUT2D eigenvalue weighted by Gasteiger charge is 2.16. The van der Waals surface area contributed by atoms with Crippen molar-refractivity contribution in [2.45, 2.75) is 6.92 Å². The molecule has 0 unspecified atom stereocenters. The standard InChI is InChI=1S/C14H15N3O4/c1-9-7-12(20-2)13(21-3)8-10(9)16-14-11(17(18)19)5-4-6-15-14/h4-8H,1-3H3,(H,15,16). The van der Waals surface area contributed by atoms with Crippen molar-refractivity contribution >= 4 is 17.2 Å². The van der Waals surface area contributed by atoms with E-state index in [0.717, 1.165) is 5.56 Å². The first-order chi connectivity index (χ1) is 10.1. The minimum atomic E-state index is -0.481. The normalized spacial score (nSPS) is 10.0. The van der Waals surface area contributed by atoms with Crippen molar-refractivity contribution in [2.24, 2.45) is 0 Å². The summed E-state index contributed by atoms with van der Waals surface area (Å²) in [6, 6.07) is 6.42. The Kier molecular flexibility index (Phi) is 4.22. The summed E-state index contributed by atoms with van der Waals surface area (Å²) in [4.78, 5) is 14.5. The third-order valence-corrected chi connectivity index (χ3v) is 2.97. The predicted molar refractivity (Wildman–Crippen MR) is 78.5 cm³/mol. The molecule has 1 N–H and O–H groups in total. The zero-order valence-corrected chi connectivity index (χ0v) is 11.9. The lowest BCUT2D eigenvalue weighted by molar-refractivity contribution is -0.384.